The number of unbranched alkanes of at least 4 members (excludes halogenated alkanes) is 5. The number of carbonyl (C=O) groups is 1. The zero-order valence-corrected chi connectivity index (χ0v) is 13.6. The molecule has 0 rings (SSSR count). The maximum absolute atomic E-state index is 10.3. The fourth-order valence-corrected chi connectivity index (χ4v) is 1.95. The fraction of sp³-hybridized carbons (Fsp3) is 0.611. The molecule has 0 saturated heterocycles. The Balaban J connectivity index is 3.42. The first kappa shape index (κ1) is 20.6. The van der Waals surface area contributed by atoms with Gasteiger partial charge in [-0.25, -0.2) is 4.89 Å². The highest BCUT2D eigenvalue weighted by Gasteiger charge is 1.97. The zero-order valence-electron chi connectivity index (χ0n) is 13.6. The maximum atomic E-state index is 10.3. The second kappa shape index (κ2) is 16.0. The number of carboxylic acids is 1. The molecule has 0 aromatic heterocycles. The van der Waals surface area contributed by atoms with E-state index in [0.717, 1.165) is 38.5 Å². The van der Waals surface area contributed by atoms with Gasteiger partial charge in [0.25, 0.3) is 0 Å². The molecular formula is C18H30O4. The zero-order chi connectivity index (χ0) is 16.5. The van der Waals surface area contributed by atoms with Crippen LogP contribution < -0.4 is 0 Å². The molecule has 0 aliphatic carbocycles. The summed E-state index contributed by atoms with van der Waals surface area (Å²) < 4.78 is 0. The van der Waals surface area contributed by atoms with Crippen LogP contribution in [0.25, 0.3) is 0 Å². The van der Waals surface area contributed by atoms with E-state index in [-0.39, 0.29) is 6.10 Å². The lowest BCUT2D eigenvalue weighted by Crippen LogP contribution is -2.03. The van der Waals surface area contributed by atoms with Crippen molar-refractivity contribution in [1.29, 1.82) is 0 Å². The number of carboxylic acid groups (broad SMARTS) is 1. The smallest absolute Gasteiger partial charge is 0.303 e. The molecule has 0 bridgehead atoms. The monoisotopic (exact) mass is 310 g/mol. The van der Waals surface area contributed by atoms with E-state index >= 15 is 0 Å². The number of allylic oxidation sites excluding steroid dienone is 5. The van der Waals surface area contributed by atoms with E-state index in [1.807, 2.05) is 25.2 Å². The van der Waals surface area contributed by atoms with Gasteiger partial charge in [0.2, 0.25) is 0 Å². The largest absolute Gasteiger partial charge is 0.481 e. The van der Waals surface area contributed by atoms with E-state index in [9.17, 15) is 4.79 Å². The number of aliphatic carboxylic acids is 1. The SMILES string of the molecule is CCC(C=CC=CCC=CCCCCCCCC(=O)O)OO. The molecule has 4 nitrogen and oxygen atoms in total. The van der Waals surface area contributed by atoms with Crippen LogP contribution in [0.15, 0.2) is 36.5 Å². The van der Waals surface area contributed by atoms with Gasteiger partial charge in [-0.15, -0.1) is 0 Å². The Morgan fingerprint density at radius 1 is 1.05 bits per heavy atom. The molecule has 0 radical (unpaired) electrons. The number of hydrogen-bond acceptors (Lipinski definition) is 3. The maximum Gasteiger partial charge on any atom is 0.303 e. The summed E-state index contributed by atoms with van der Waals surface area (Å²) in [5.41, 5.74) is 0. The van der Waals surface area contributed by atoms with Gasteiger partial charge in [0.1, 0.15) is 6.10 Å². The summed E-state index contributed by atoms with van der Waals surface area (Å²) in [6.45, 7) is 1.95. The van der Waals surface area contributed by atoms with Crippen LogP contribution in [0.3, 0.4) is 0 Å². The lowest BCUT2D eigenvalue weighted by molar-refractivity contribution is -0.266. The second-order valence-electron chi connectivity index (χ2n) is 5.27. The Hall–Kier alpha value is -1.39. The van der Waals surface area contributed by atoms with Crippen LogP contribution in [0.5, 0.6) is 0 Å². The topological polar surface area (TPSA) is 66.8 Å². The summed E-state index contributed by atoms with van der Waals surface area (Å²) in [6.07, 6.45) is 20.1. The molecule has 0 aromatic carbocycles. The summed E-state index contributed by atoms with van der Waals surface area (Å²) in [5.74, 6) is -0.695. The molecule has 0 aliphatic rings. The van der Waals surface area contributed by atoms with Crippen LogP contribution >= 0.6 is 0 Å². The first-order valence-corrected chi connectivity index (χ1v) is 8.21. The normalized spacial score (nSPS) is 13.5. The van der Waals surface area contributed by atoms with Crippen molar-refractivity contribution < 1.29 is 20.0 Å². The van der Waals surface area contributed by atoms with Crippen molar-refractivity contribution in [3.63, 3.8) is 0 Å². The van der Waals surface area contributed by atoms with Crippen molar-refractivity contribution >= 4 is 5.97 Å². The minimum absolute atomic E-state index is 0.226. The predicted octanol–water partition coefficient (Wildman–Crippen LogP) is 5.13. The van der Waals surface area contributed by atoms with Crippen LogP contribution in [0.2, 0.25) is 0 Å². The van der Waals surface area contributed by atoms with E-state index in [2.05, 4.69) is 23.1 Å². The molecule has 0 amide bonds. The molecule has 2 N–H and O–H groups in total. The highest BCUT2D eigenvalue weighted by atomic mass is 17.1. The van der Waals surface area contributed by atoms with Crippen LogP contribution in [0.4, 0.5) is 0 Å². The Morgan fingerprint density at radius 2 is 1.77 bits per heavy atom. The van der Waals surface area contributed by atoms with Crippen molar-refractivity contribution in [1.82, 2.24) is 0 Å². The average molecular weight is 310 g/mol. The minimum atomic E-state index is -0.695. The third-order valence-electron chi connectivity index (χ3n) is 3.31. The summed E-state index contributed by atoms with van der Waals surface area (Å²) in [7, 11) is 0. The molecule has 4 heteroatoms. The van der Waals surface area contributed by atoms with Crippen molar-refractivity contribution in [2.75, 3.05) is 0 Å². The highest BCUT2D eigenvalue weighted by molar-refractivity contribution is 5.66. The third kappa shape index (κ3) is 15.0. The molecule has 0 heterocycles. The third-order valence-corrected chi connectivity index (χ3v) is 3.31. The molecular weight excluding hydrogens is 280 g/mol. The summed E-state index contributed by atoms with van der Waals surface area (Å²) in [5, 5.41) is 17.0. The minimum Gasteiger partial charge on any atom is -0.481 e. The first-order valence-electron chi connectivity index (χ1n) is 8.21. The van der Waals surface area contributed by atoms with Gasteiger partial charge in [-0.2, -0.15) is 0 Å². The molecule has 0 spiro atoms. The summed E-state index contributed by atoms with van der Waals surface area (Å²) in [6, 6.07) is 0. The van der Waals surface area contributed by atoms with Gasteiger partial charge in [0, 0.05) is 6.42 Å². The molecule has 0 saturated carbocycles. The Bertz CT molecular complexity index is 341. The Labute approximate surface area is 134 Å². The van der Waals surface area contributed by atoms with Gasteiger partial charge in [0.05, 0.1) is 0 Å². The molecule has 0 fully saturated rings. The van der Waals surface area contributed by atoms with Crippen molar-refractivity contribution in [2.45, 2.75) is 70.8 Å². The second-order valence-corrected chi connectivity index (χ2v) is 5.27. The van der Waals surface area contributed by atoms with E-state index in [0.29, 0.717) is 6.42 Å². The van der Waals surface area contributed by atoms with Gasteiger partial charge >= 0.3 is 5.97 Å². The molecule has 1 unspecified atom stereocenters. The quantitative estimate of drug-likeness (QED) is 0.153. The van der Waals surface area contributed by atoms with E-state index in [1.165, 1.54) is 12.8 Å². The fourth-order valence-electron chi connectivity index (χ4n) is 1.95. The van der Waals surface area contributed by atoms with Crippen molar-refractivity contribution in [2.24, 2.45) is 0 Å². The molecule has 0 aromatic rings. The standard InChI is InChI=1S/C18H30O4/c1-2-17(22-21)15-13-11-9-7-5-3-4-6-8-10-12-14-16-18(19)20/h3,5,9,11,13,15,17,21H,2,4,6-8,10,12,14,16H2,1H3,(H,19,20). The first-order chi connectivity index (χ1) is 10.7. The van der Waals surface area contributed by atoms with Crippen LogP contribution in [-0.4, -0.2) is 22.4 Å². The summed E-state index contributed by atoms with van der Waals surface area (Å²) in [4.78, 5) is 14.6. The van der Waals surface area contributed by atoms with Gasteiger partial charge in [0.15, 0.2) is 0 Å². The molecule has 22 heavy (non-hydrogen) atoms. The number of rotatable bonds is 14. The van der Waals surface area contributed by atoms with Crippen LogP contribution in [-0.2, 0) is 9.68 Å². The lowest BCUT2D eigenvalue weighted by atomic mass is 10.1. The lowest BCUT2D eigenvalue weighted by Gasteiger charge is -2.02. The average Bonchev–Trinajstić information content (AvgIpc) is 2.51. The number of hydrogen-bond donors (Lipinski definition) is 2. The molecule has 1 atom stereocenters. The predicted molar refractivity (Wildman–Crippen MR) is 89.8 cm³/mol. The van der Waals surface area contributed by atoms with E-state index in [4.69, 9.17) is 10.4 Å². The Morgan fingerprint density at radius 3 is 2.45 bits per heavy atom. The molecule has 0 aliphatic heterocycles. The Kier molecular flexibility index (Phi) is 15.0. The molecule has 126 valence electrons. The van der Waals surface area contributed by atoms with Crippen LogP contribution in [0, 0.1) is 0 Å². The van der Waals surface area contributed by atoms with E-state index in [1.54, 1.807) is 0 Å². The summed E-state index contributed by atoms with van der Waals surface area (Å²) >= 11 is 0. The van der Waals surface area contributed by atoms with Gasteiger partial charge < -0.3 is 5.11 Å². The van der Waals surface area contributed by atoms with E-state index < -0.39 is 5.97 Å². The highest BCUT2D eigenvalue weighted by Crippen LogP contribution is 2.07. The van der Waals surface area contributed by atoms with Gasteiger partial charge in [-0.3, -0.25) is 10.1 Å². The van der Waals surface area contributed by atoms with Crippen molar-refractivity contribution in [3.05, 3.63) is 36.5 Å². The van der Waals surface area contributed by atoms with Crippen molar-refractivity contribution in [3.8, 4) is 0 Å². The van der Waals surface area contributed by atoms with Crippen LogP contribution in [0.1, 0.15) is 64.7 Å². The van der Waals surface area contributed by atoms with Gasteiger partial charge in [-0.1, -0.05) is 62.6 Å². The van der Waals surface area contributed by atoms with Gasteiger partial charge in [-0.05, 0) is 32.1 Å².